The summed E-state index contributed by atoms with van der Waals surface area (Å²) in [6.45, 7) is 8.09. The van der Waals surface area contributed by atoms with Gasteiger partial charge in [-0.2, -0.15) is 0 Å². The third-order valence-corrected chi connectivity index (χ3v) is 2.26. The molecular weight excluding hydrogens is 188 g/mol. The maximum Gasteiger partial charge on any atom is 0.255 e. The van der Waals surface area contributed by atoms with Gasteiger partial charge in [0.05, 0.1) is 5.56 Å². The zero-order valence-corrected chi connectivity index (χ0v) is 9.77. The molecule has 0 saturated carbocycles. The van der Waals surface area contributed by atoms with Crippen LogP contribution in [0.1, 0.15) is 38.1 Å². The van der Waals surface area contributed by atoms with Crippen LogP contribution in [-0.2, 0) is 0 Å². The molecule has 0 unspecified atom stereocenters. The number of pyridine rings is 1. The molecule has 0 aliphatic rings. The van der Waals surface area contributed by atoms with E-state index in [0.29, 0.717) is 5.56 Å². The topological polar surface area (TPSA) is 33.2 Å². The van der Waals surface area contributed by atoms with Crippen molar-refractivity contribution in [2.75, 3.05) is 0 Å². The Hall–Kier alpha value is -1.38. The van der Waals surface area contributed by atoms with E-state index in [1.165, 1.54) is 0 Å². The van der Waals surface area contributed by atoms with E-state index in [4.69, 9.17) is 0 Å². The first kappa shape index (κ1) is 11.7. The second-order valence-corrected chi connectivity index (χ2v) is 4.14. The first-order valence-electron chi connectivity index (χ1n) is 5.26. The zero-order chi connectivity index (χ0) is 11.4. The van der Waals surface area contributed by atoms with Crippen molar-refractivity contribution in [1.29, 1.82) is 0 Å². The zero-order valence-electron chi connectivity index (χ0n) is 9.77. The van der Waals surface area contributed by atoms with Crippen molar-refractivity contribution >= 4 is 5.91 Å². The van der Waals surface area contributed by atoms with E-state index in [9.17, 15) is 4.79 Å². The van der Waals surface area contributed by atoms with Crippen LogP contribution in [0, 0.1) is 0 Å². The highest BCUT2D eigenvalue weighted by Crippen LogP contribution is 2.11. The van der Waals surface area contributed by atoms with Gasteiger partial charge in [0.15, 0.2) is 0 Å². The van der Waals surface area contributed by atoms with Crippen LogP contribution in [0.5, 0.6) is 0 Å². The molecule has 1 aromatic rings. The molecule has 0 aliphatic heterocycles. The standard InChI is InChI=1S/C12H18N2O/c1-9(2)14(10(3)4)12(15)11-6-5-7-13-8-11/h5-10H,1-4H3. The van der Waals surface area contributed by atoms with E-state index in [0.717, 1.165) is 0 Å². The van der Waals surface area contributed by atoms with E-state index < -0.39 is 0 Å². The van der Waals surface area contributed by atoms with Crippen LogP contribution in [0.25, 0.3) is 0 Å². The number of nitrogens with zero attached hydrogens (tertiary/aromatic N) is 2. The lowest BCUT2D eigenvalue weighted by atomic mass is 10.1. The maximum atomic E-state index is 12.1. The number of hydrogen-bond acceptors (Lipinski definition) is 2. The molecule has 0 aliphatic carbocycles. The number of carbonyl (C=O) groups is 1. The molecule has 0 atom stereocenters. The Morgan fingerprint density at radius 3 is 2.27 bits per heavy atom. The Morgan fingerprint density at radius 1 is 1.27 bits per heavy atom. The van der Waals surface area contributed by atoms with Crippen molar-refractivity contribution in [3.8, 4) is 0 Å². The second kappa shape index (κ2) is 4.91. The van der Waals surface area contributed by atoms with Crippen molar-refractivity contribution in [1.82, 2.24) is 9.88 Å². The van der Waals surface area contributed by atoms with E-state index in [1.807, 2.05) is 32.6 Å². The van der Waals surface area contributed by atoms with Crippen LogP contribution in [0.15, 0.2) is 24.5 Å². The van der Waals surface area contributed by atoms with Gasteiger partial charge in [0.2, 0.25) is 0 Å². The van der Waals surface area contributed by atoms with Gasteiger partial charge in [-0.25, -0.2) is 0 Å². The smallest absolute Gasteiger partial charge is 0.255 e. The van der Waals surface area contributed by atoms with Gasteiger partial charge in [0.1, 0.15) is 0 Å². The Balaban J connectivity index is 2.92. The summed E-state index contributed by atoms with van der Waals surface area (Å²) >= 11 is 0. The van der Waals surface area contributed by atoms with Crippen LogP contribution in [0.3, 0.4) is 0 Å². The molecule has 0 aromatic carbocycles. The number of hydrogen-bond donors (Lipinski definition) is 0. The fraction of sp³-hybridized carbons (Fsp3) is 0.500. The lowest BCUT2D eigenvalue weighted by molar-refractivity contribution is 0.0643. The summed E-state index contributed by atoms with van der Waals surface area (Å²) in [5.74, 6) is 0.0492. The van der Waals surface area contributed by atoms with Crippen LogP contribution in [-0.4, -0.2) is 27.9 Å². The highest BCUT2D eigenvalue weighted by Gasteiger charge is 2.21. The molecule has 0 fully saturated rings. The number of rotatable bonds is 3. The molecule has 0 spiro atoms. The van der Waals surface area contributed by atoms with Crippen molar-refractivity contribution in [3.05, 3.63) is 30.1 Å². The summed E-state index contributed by atoms with van der Waals surface area (Å²) in [7, 11) is 0. The average Bonchev–Trinajstić information content (AvgIpc) is 2.18. The summed E-state index contributed by atoms with van der Waals surface area (Å²) in [6, 6.07) is 3.99. The summed E-state index contributed by atoms with van der Waals surface area (Å²) in [5, 5.41) is 0. The largest absolute Gasteiger partial charge is 0.334 e. The third kappa shape index (κ3) is 2.78. The van der Waals surface area contributed by atoms with E-state index in [-0.39, 0.29) is 18.0 Å². The van der Waals surface area contributed by atoms with Gasteiger partial charge in [-0.05, 0) is 39.8 Å². The van der Waals surface area contributed by atoms with Gasteiger partial charge in [-0.3, -0.25) is 9.78 Å². The second-order valence-electron chi connectivity index (χ2n) is 4.14. The van der Waals surface area contributed by atoms with E-state index in [1.54, 1.807) is 24.5 Å². The quantitative estimate of drug-likeness (QED) is 0.760. The minimum Gasteiger partial charge on any atom is -0.334 e. The van der Waals surface area contributed by atoms with Crippen molar-refractivity contribution < 1.29 is 4.79 Å². The molecule has 0 saturated heterocycles. The number of aromatic nitrogens is 1. The van der Waals surface area contributed by atoms with Gasteiger partial charge in [-0.1, -0.05) is 0 Å². The van der Waals surface area contributed by atoms with E-state index >= 15 is 0 Å². The van der Waals surface area contributed by atoms with Crippen LogP contribution < -0.4 is 0 Å². The van der Waals surface area contributed by atoms with Gasteiger partial charge < -0.3 is 4.90 Å². The number of carbonyl (C=O) groups excluding carboxylic acids is 1. The van der Waals surface area contributed by atoms with Gasteiger partial charge in [0.25, 0.3) is 5.91 Å². The molecule has 1 aromatic heterocycles. The molecule has 0 radical (unpaired) electrons. The monoisotopic (exact) mass is 206 g/mol. The lowest BCUT2D eigenvalue weighted by Gasteiger charge is -2.30. The van der Waals surface area contributed by atoms with Gasteiger partial charge >= 0.3 is 0 Å². The molecule has 3 nitrogen and oxygen atoms in total. The maximum absolute atomic E-state index is 12.1. The summed E-state index contributed by atoms with van der Waals surface area (Å²) < 4.78 is 0. The molecule has 3 heteroatoms. The summed E-state index contributed by atoms with van der Waals surface area (Å²) in [4.78, 5) is 17.9. The fourth-order valence-corrected chi connectivity index (χ4v) is 1.70. The normalized spacial score (nSPS) is 10.8. The highest BCUT2D eigenvalue weighted by molar-refractivity contribution is 5.94. The Bertz CT molecular complexity index is 312. The van der Waals surface area contributed by atoms with Gasteiger partial charge in [0, 0.05) is 24.5 Å². The van der Waals surface area contributed by atoms with Crippen LogP contribution >= 0.6 is 0 Å². The molecule has 1 amide bonds. The molecule has 1 rings (SSSR count). The molecule has 0 N–H and O–H groups in total. The molecule has 15 heavy (non-hydrogen) atoms. The summed E-state index contributed by atoms with van der Waals surface area (Å²) in [5.41, 5.74) is 0.653. The van der Waals surface area contributed by atoms with Crippen LogP contribution in [0.2, 0.25) is 0 Å². The van der Waals surface area contributed by atoms with Gasteiger partial charge in [-0.15, -0.1) is 0 Å². The highest BCUT2D eigenvalue weighted by atomic mass is 16.2. The Labute approximate surface area is 91.1 Å². The fourth-order valence-electron chi connectivity index (χ4n) is 1.70. The van der Waals surface area contributed by atoms with Crippen LogP contribution in [0.4, 0.5) is 0 Å². The van der Waals surface area contributed by atoms with E-state index in [2.05, 4.69) is 4.98 Å². The first-order valence-corrected chi connectivity index (χ1v) is 5.26. The molecule has 0 bridgehead atoms. The minimum absolute atomic E-state index is 0.0492. The number of amides is 1. The summed E-state index contributed by atoms with van der Waals surface area (Å²) in [6.07, 6.45) is 3.28. The molecule has 82 valence electrons. The van der Waals surface area contributed by atoms with Crippen molar-refractivity contribution in [2.24, 2.45) is 0 Å². The predicted molar refractivity (Wildman–Crippen MR) is 60.7 cm³/mol. The minimum atomic E-state index is 0.0492. The van der Waals surface area contributed by atoms with Crippen molar-refractivity contribution in [3.63, 3.8) is 0 Å². The average molecular weight is 206 g/mol. The Morgan fingerprint density at radius 2 is 1.87 bits per heavy atom. The molecule has 1 heterocycles. The third-order valence-electron chi connectivity index (χ3n) is 2.26. The SMILES string of the molecule is CC(C)N(C(=O)c1cccnc1)C(C)C. The van der Waals surface area contributed by atoms with Crippen molar-refractivity contribution in [2.45, 2.75) is 39.8 Å². The Kier molecular flexibility index (Phi) is 3.83. The predicted octanol–water partition coefficient (Wildman–Crippen LogP) is 2.34. The molecular formula is C12H18N2O. The lowest BCUT2D eigenvalue weighted by Crippen LogP contribution is -2.42. The first-order chi connectivity index (χ1) is 7.04.